The van der Waals surface area contributed by atoms with Gasteiger partial charge < -0.3 is 4.98 Å². The Bertz CT molecular complexity index is 1740. The van der Waals surface area contributed by atoms with Crippen molar-refractivity contribution in [2.24, 2.45) is 0 Å². The molecule has 0 amide bonds. The Balaban J connectivity index is 1.24. The third kappa shape index (κ3) is 4.57. The number of hydrogen-bond donors (Lipinski definition) is 2. The van der Waals surface area contributed by atoms with E-state index in [1.807, 2.05) is 18.6 Å². The number of para-hydroxylation sites is 1. The average Bonchev–Trinajstić information content (AvgIpc) is 3.69. The number of imidazole rings is 1. The Morgan fingerprint density at radius 1 is 1.05 bits per heavy atom. The molecule has 6 aromatic rings. The Hall–Kier alpha value is -2.42. The molecule has 0 atom stereocenters. The van der Waals surface area contributed by atoms with Crippen molar-refractivity contribution in [1.29, 1.82) is 0 Å². The maximum Gasteiger partial charge on any atom is 0.181 e. The molecule has 6 heterocycles. The van der Waals surface area contributed by atoms with Crippen LogP contribution >= 0.6 is 56.5 Å². The molecule has 1 aliphatic heterocycles. The highest BCUT2D eigenvalue weighted by Gasteiger charge is 2.32. The lowest BCUT2D eigenvalue weighted by molar-refractivity contribution is 0.332. The van der Waals surface area contributed by atoms with Gasteiger partial charge in [0.05, 0.1) is 17.8 Å². The quantitative estimate of drug-likeness (QED) is 0.147. The summed E-state index contributed by atoms with van der Waals surface area (Å²) < 4.78 is 0.328. The molecule has 0 saturated carbocycles. The fourth-order valence-electron chi connectivity index (χ4n) is 4.97. The lowest BCUT2D eigenvalue weighted by Gasteiger charge is -2.17. The Kier molecular flexibility index (Phi) is 6.02. The van der Waals surface area contributed by atoms with Crippen LogP contribution in [0.1, 0.15) is 12.0 Å². The first-order chi connectivity index (χ1) is 18.0. The van der Waals surface area contributed by atoms with Gasteiger partial charge in [-0.05, 0) is 52.6 Å². The fourth-order valence-corrected chi connectivity index (χ4v) is 7.07. The van der Waals surface area contributed by atoms with E-state index in [0.29, 0.717) is 7.08 Å². The van der Waals surface area contributed by atoms with Gasteiger partial charge in [-0.15, -0.1) is 0 Å². The number of H-pyrrole nitrogens is 2. The zero-order chi connectivity index (χ0) is 25.0. The lowest BCUT2D eigenvalue weighted by Crippen LogP contribution is -2.22. The molecule has 5 aromatic heterocycles. The van der Waals surface area contributed by atoms with Crippen LogP contribution in [-0.2, 0) is 6.54 Å². The van der Waals surface area contributed by atoms with Crippen molar-refractivity contribution < 1.29 is 0 Å². The van der Waals surface area contributed by atoms with Crippen molar-refractivity contribution >= 4 is 78.6 Å². The van der Waals surface area contributed by atoms with Crippen LogP contribution in [0.3, 0.4) is 0 Å². The first-order valence-corrected chi connectivity index (χ1v) is 15.0. The number of nitrogens with one attached hydrogen (secondary N) is 2. The van der Waals surface area contributed by atoms with Gasteiger partial charge in [0.2, 0.25) is 0 Å². The molecule has 7 nitrogen and oxygen atoms in total. The summed E-state index contributed by atoms with van der Waals surface area (Å²) in [6, 6.07) is 12.7. The second-order valence-electron chi connectivity index (χ2n) is 9.39. The molecule has 2 N–H and O–H groups in total. The summed E-state index contributed by atoms with van der Waals surface area (Å²) in [5.41, 5.74) is 9.01. The smallest absolute Gasteiger partial charge is 0.181 e. The summed E-state index contributed by atoms with van der Waals surface area (Å²) in [6.45, 7) is 3.12. The van der Waals surface area contributed by atoms with Crippen LogP contribution in [0.4, 0.5) is 0 Å². The topological polar surface area (TPSA) is 86.4 Å². The molecule has 1 saturated heterocycles. The van der Waals surface area contributed by atoms with Crippen molar-refractivity contribution in [3.63, 3.8) is 0 Å². The van der Waals surface area contributed by atoms with E-state index in [2.05, 4.69) is 122 Å². The van der Waals surface area contributed by atoms with Crippen LogP contribution in [0.5, 0.6) is 0 Å². The van der Waals surface area contributed by atoms with E-state index >= 15 is 0 Å². The number of hydrogen-bond acceptors (Lipinski definition) is 6. The predicted octanol–water partition coefficient (Wildman–Crippen LogP) is 7.06. The van der Waals surface area contributed by atoms with Gasteiger partial charge in [0.1, 0.15) is 5.69 Å². The summed E-state index contributed by atoms with van der Waals surface area (Å²) in [7, 11) is 0. The van der Waals surface area contributed by atoms with Crippen LogP contribution in [0.15, 0.2) is 65.7 Å². The molecule has 184 valence electrons. The number of aromatic amines is 2. The highest BCUT2D eigenvalue weighted by atomic mass is 127. The molecule has 0 radical (unpaired) electrons. The maximum atomic E-state index is 4.98. The van der Waals surface area contributed by atoms with Gasteiger partial charge in [0.25, 0.3) is 0 Å². The number of pyridine rings is 2. The summed E-state index contributed by atoms with van der Waals surface area (Å²) in [4.78, 5) is 20.2. The molecular formula is C27H21I2N7S. The lowest BCUT2D eigenvalue weighted by atomic mass is 10.1. The largest absolute Gasteiger partial charge is 0.337 e. The highest BCUT2D eigenvalue weighted by Crippen LogP contribution is 2.38. The predicted molar refractivity (Wildman–Crippen MR) is 166 cm³/mol. The van der Waals surface area contributed by atoms with Crippen LogP contribution in [0.2, 0.25) is 0 Å². The number of halogens is 2. The van der Waals surface area contributed by atoms with E-state index in [1.54, 1.807) is 11.3 Å². The van der Waals surface area contributed by atoms with E-state index in [0.717, 1.165) is 64.3 Å². The first-order valence-electron chi connectivity index (χ1n) is 11.9. The second kappa shape index (κ2) is 9.40. The average molecular weight is 729 g/mol. The monoisotopic (exact) mass is 729 g/mol. The number of benzene rings is 1. The normalized spacial score (nSPS) is 15.7. The number of nitrogens with zero attached hydrogens (tertiary/aromatic N) is 5. The minimum absolute atomic E-state index is 0.328. The summed E-state index contributed by atoms with van der Waals surface area (Å²) in [5, 5.41) is 12.8. The van der Waals surface area contributed by atoms with Crippen LogP contribution in [0.25, 0.3) is 55.8 Å². The third-order valence-corrected chi connectivity index (χ3v) is 9.22. The standard InChI is InChI=1S/C27H21I2N7S/c28-27(29)5-6-36(15-27)13-16-8-18(11-30-10-16)19-9-21-24(34-35-25(21)31-12-19)26-32-22-3-1-2-20(23(22)33-26)17-4-7-37-14-17/h1-4,7-12,14H,5-6,13,15H2,(H,32,33)(H,31,34,35). The van der Waals surface area contributed by atoms with Gasteiger partial charge in [-0.2, -0.15) is 16.4 Å². The molecule has 37 heavy (non-hydrogen) atoms. The molecular weight excluding hydrogens is 708 g/mol. The van der Waals surface area contributed by atoms with E-state index in [1.165, 1.54) is 17.5 Å². The highest BCUT2D eigenvalue weighted by molar-refractivity contribution is 14.2. The van der Waals surface area contributed by atoms with Gasteiger partial charge in [0, 0.05) is 54.9 Å². The molecule has 1 aromatic carbocycles. The van der Waals surface area contributed by atoms with Gasteiger partial charge in [-0.3, -0.25) is 15.0 Å². The first kappa shape index (κ1) is 23.7. The number of aromatic nitrogens is 6. The van der Waals surface area contributed by atoms with Crippen molar-refractivity contribution in [2.75, 3.05) is 13.1 Å². The van der Waals surface area contributed by atoms with Crippen molar-refractivity contribution in [3.05, 3.63) is 71.3 Å². The summed E-state index contributed by atoms with van der Waals surface area (Å²) in [6.07, 6.45) is 6.96. The van der Waals surface area contributed by atoms with E-state index in [4.69, 9.17) is 4.98 Å². The van der Waals surface area contributed by atoms with E-state index in [-0.39, 0.29) is 0 Å². The van der Waals surface area contributed by atoms with E-state index in [9.17, 15) is 0 Å². The number of rotatable bonds is 5. The number of fused-ring (bicyclic) bond motifs is 2. The third-order valence-electron chi connectivity index (χ3n) is 6.77. The molecule has 0 bridgehead atoms. The summed E-state index contributed by atoms with van der Waals surface area (Å²) in [5.74, 6) is 0.751. The summed E-state index contributed by atoms with van der Waals surface area (Å²) >= 11 is 6.82. The fraction of sp³-hybridized carbons (Fsp3) is 0.185. The van der Waals surface area contributed by atoms with Gasteiger partial charge >= 0.3 is 0 Å². The molecule has 1 aliphatic rings. The van der Waals surface area contributed by atoms with Crippen LogP contribution in [0, 0.1) is 0 Å². The molecule has 10 heteroatoms. The zero-order valence-corrected chi connectivity index (χ0v) is 24.7. The number of alkyl halides is 2. The van der Waals surface area contributed by atoms with Crippen molar-refractivity contribution in [1.82, 2.24) is 35.0 Å². The second-order valence-corrected chi connectivity index (χ2v) is 16.4. The number of likely N-dealkylation sites (tertiary alicyclic amines) is 1. The number of thiophene rings is 1. The molecule has 0 aliphatic carbocycles. The minimum Gasteiger partial charge on any atom is -0.337 e. The van der Waals surface area contributed by atoms with Gasteiger partial charge in [0.15, 0.2) is 11.5 Å². The van der Waals surface area contributed by atoms with Crippen molar-refractivity contribution in [2.45, 2.75) is 14.4 Å². The molecule has 7 rings (SSSR count). The van der Waals surface area contributed by atoms with Gasteiger partial charge in [-0.25, -0.2) is 9.97 Å². The molecule has 0 unspecified atom stereocenters. The van der Waals surface area contributed by atoms with Crippen LogP contribution in [-0.4, -0.2) is 49.6 Å². The van der Waals surface area contributed by atoms with E-state index < -0.39 is 0 Å². The SMILES string of the molecule is IC1(I)CCN(Cc2cncc(-c3cnc4n[nH]c(-c5nc6c(-c7ccsc7)cccc6[nH]5)c4c3)c2)C1. The molecule has 0 spiro atoms. The minimum atomic E-state index is 0.328. The van der Waals surface area contributed by atoms with Crippen molar-refractivity contribution in [3.8, 4) is 33.8 Å². The Morgan fingerprint density at radius 2 is 1.97 bits per heavy atom. The Labute approximate surface area is 244 Å². The maximum absolute atomic E-state index is 4.98. The van der Waals surface area contributed by atoms with Crippen LogP contribution < -0.4 is 0 Å². The van der Waals surface area contributed by atoms with Gasteiger partial charge in [-0.1, -0.05) is 57.3 Å². The molecule has 1 fully saturated rings. The zero-order valence-electron chi connectivity index (χ0n) is 19.6. The Morgan fingerprint density at radius 3 is 2.81 bits per heavy atom.